The lowest BCUT2D eigenvalue weighted by molar-refractivity contribution is -0.110. The lowest BCUT2D eigenvalue weighted by Gasteiger charge is -2.28. The summed E-state index contributed by atoms with van der Waals surface area (Å²) in [5.74, 6) is -1.24. The number of carbonyl (C=O) groups is 4. The number of nitrogens with one attached hydrogen (secondary N) is 4. The van der Waals surface area contributed by atoms with Crippen LogP contribution in [0.25, 0.3) is 11.6 Å². The number of β-amino-alcohol motifs (C(OH)–C–C–N with tert-alkyl or cyclic N) is 2. The lowest BCUT2D eigenvalue weighted by atomic mass is 10.0. The molecule has 0 aliphatic carbocycles. The van der Waals surface area contributed by atoms with Gasteiger partial charge in [0.1, 0.15) is 12.1 Å². The number of imidazole rings is 1. The number of nitrogens with two attached hydrogens (primary N) is 1. The van der Waals surface area contributed by atoms with Crippen LogP contribution in [0.15, 0.2) is 36.9 Å². The summed E-state index contributed by atoms with van der Waals surface area (Å²) in [5, 5.41) is 25.0. The van der Waals surface area contributed by atoms with E-state index in [0.29, 0.717) is 101 Å². The molecular formula is C41H54FN9O8. The zero-order chi connectivity index (χ0) is 42.6. The Labute approximate surface area is 341 Å². The Morgan fingerprint density at radius 1 is 0.932 bits per heavy atom. The molecule has 2 amide bonds. The standard InChI is InChI=1S/C23H27FN4O4.C11H11N3O2.C7H16N2O2/c1-13-20(10-18-17-9-15(24)3-4-19(17)27-22(18)30)26-14(2)21(13)23(31)25-11-16(29)12-28-5-7-32-8-6-28;1-7-9(5-15)13-8(2)10(7)11(16)14-4-3-12-6-14;8-5-7(10)6-9-1-3-11-4-2-9/h3-4,9-10,16,26,29H,5-8,11-12H2,1-2H3,(H,25,31)(H,27,30);3-6,13H,1-2H3;7,10H,1-6,8H2/b18-10-;;/t16-;;7-/m0.0/s1. The van der Waals surface area contributed by atoms with Gasteiger partial charge in [0.2, 0.25) is 0 Å². The number of benzene rings is 1. The van der Waals surface area contributed by atoms with E-state index < -0.39 is 11.9 Å². The van der Waals surface area contributed by atoms with Crippen molar-refractivity contribution in [1.29, 1.82) is 0 Å². The van der Waals surface area contributed by atoms with Gasteiger partial charge >= 0.3 is 0 Å². The quantitative estimate of drug-likeness (QED) is 0.0846. The summed E-state index contributed by atoms with van der Waals surface area (Å²) < 4.78 is 25.5. The number of rotatable bonds is 11. The molecule has 0 radical (unpaired) electrons. The molecule has 0 unspecified atom stereocenters. The molecule has 3 aromatic heterocycles. The molecule has 0 saturated carbocycles. The molecule has 7 rings (SSSR count). The number of fused-ring (bicyclic) bond motifs is 1. The van der Waals surface area contributed by atoms with Crippen molar-refractivity contribution in [3.05, 3.63) is 93.3 Å². The number of carbonyl (C=O) groups excluding carboxylic acids is 4. The van der Waals surface area contributed by atoms with Gasteiger partial charge in [0.05, 0.1) is 61.0 Å². The smallest absolute Gasteiger partial charge is 0.265 e. The summed E-state index contributed by atoms with van der Waals surface area (Å²) in [7, 11) is 0. The first-order chi connectivity index (χ1) is 28.3. The number of halogens is 1. The highest BCUT2D eigenvalue weighted by atomic mass is 19.1. The number of aliphatic hydroxyl groups is 2. The summed E-state index contributed by atoms with van der Waals surface area (Å²) >= 11 is 0. The Kier molecular flexibility index (Phi) is 16.0. The first-order valence-corrected chi connectivity index (χ1v) is 19.4. The second-order valence-electron chi connectivity index (χ2n) is 14.5. The lowest BCUT2D eigenvalue weighted by Crippen LogP contribution is -2.44. The van der Waals surface area contributed by atoms with Crippen LogP contribution in [-0.2, 0) is 14.3 Å². The van der Waals surface area contributed by atoms with Gasteiger partial charge in [0, 0.05) is 93.1 Å². The molecule has 8 N–H and O–H groups in total. The molecule has 0 spiro atoms. The molecule has 17 nitrogen and oxygen atoms in total. The minimum atomic E-state index is -0.688. The van der Waals surface area contributed by atoms with Crippen LogP contribution in [0.4, 0.5) is 10.1 Å². The number of ether oxygens (including phenoxy) is 2. The van der Waals surface area contributed by atoms with E-state index in [1.54, 1.807) is 40.0 Å². The monoisotopic (exact) mass is 819 g/mol. The third-order valence-corrected chi connectivity index (χ3v) is 10.2. The maximum absolute atomic E-state index is 13.7. The van der Waals surface area contributed by atoms with E-state index in [-0.39, 0.29) is 30.4 Å². The van der Waals surface area contributed by atoms with E-state index in [0.717, 1.165) is 39.4 Å². The van der Waals surface area contributed by atoms with Crippen molar-refractivity contribution < 1.29 is 43.3 Å². The molecule has 2 saturated heterocycles. The fourth-order valence-electron chi connectivity index (χ4n) is 7.03. The van der Waals surface area contributed by atoms with E-state index in [1.165, 1.54) is 35.3 Å². The van der Waals surface area contributed by atoms with Crippen molar-refractivity contribution in [3.8, 4) is 0 Å². The van der Waals surface area contributed by atoms with E-state index in [9.17, 15) is 33.8 Å². The number of H-pyrrole nitrogens is 2. The Morgan fingerprint density at radius 2 is 1.53 bits per heavy atom. The largest absolute Gasteiger partial charge is 0.390 e. The highest BCUT2D eigenvalue weighted by molar-refractivity contribution is 6.35. The highest BCUT2D eigenvalue weighted by Gasteiger charge is 2.27. The zero-order valence-electron chi connectivity index (χ0n) is 33.8. The first-order valence-electron chi connectivity index (χ1n) is 19.4. The molecule has 3 aliphatic rings. The van der Waals surface area contributed by atoms with E-state index >= 15 is 0 Å². The topological polar surface area (TPSA) is 233 Å². The van der Waals surface area contributed by atoms with Gasteiger partial charge in [-0.25, -0.2) is 9.37 Å². The van der Waals surface area contributed by atoms with Crippen molar-refractivity contribution in [2.45, 2.75) is 39.9 Å². The van der Waals surface area contributed by atoms with Gasteiger partial charge in [-0.15, -0.1) is 0 Å². The molecular weight excluding hydrogens is 766 g/mol. The van der Waals surface area contributed by atoms with Gasteiger partial charge in [-0.3, -0.25) is 33.5 Å². The van der Waals surface area contributed by atoms with Crippen LogP contribution < -0.4 is 16.4 Å². The van der Waals surface area contributed by atoms with E-state index in [4.69, 9.17) is 15.2 Å². The Balaban J connectivity index is 0.000000202. The number of amides is 2. The molecule has 1 aromatic carbocycles. The van der Waals surface area contributed by atoms with Crippen LogP contribution in [0, 0.1) is 33.5 Å². The van der Waals surface area contributed by atoms with Crippen molar-refractivity contribution in [2.75, 3.05) is 84.1 Å². The summed E-state index contributed by atoms with van der Waals surface area (Å²) in [5.41, 5.74) is 11.4. The number of aromatic amines is 2. The molecule has 0 bridgehead atoms. The number of anilines is 1. The van der Waals surface area contributed by atoms with Crippen molar-refractivity contribution in [1.82, 2.24) is 34.6 Å². The SMILES string of the molecule is Cc1[nH]c(/C=C2\C(=O)Nc3ccc(F)cc32)c(C)c1C(=O)NC[C@H](O)CN1CCOCC1.Cc1[nH]c(C=O)c(C)c1C(=O)n1ccnc1.NC[C@H](O)CN1CCOCC1. The van der Waals surface area contributed by atoms with Crippen LogP contribution in [0.5, 0.6) is 0 Å². The first kappa shape index (κ1) is 44.8. The van der Waals surface area contributed by atoms with Crippen LogP contribution >= 0.6 is 0 Å². The fraction of sp³-hybridized carbons (Fsp3) is 0.439. The van der Waals surface area contributed by atoms with Crippen molar-refractivity contribution in [2.24, 2.45) is 5.73 Å². The number of aliphatic hydroxyl groups excluding tert-OH is 2. The van der Waals surface area contributed by atoms with E-state index in [1.807, 2.05) is 0 Å². The predicted molar refractivity (Wildman–Crippen MR) is 219 cm³/mol. The number of aryl methyl sites for hydroxylation is 2. The van der Waals surface area contributed by atoms with Crippen LogP contribution in [-0.4, -0.2) is 155 Å². The average molecular weight is 820 g/mol. The molecule has 18 heteroatoms. The number of nitrogens with zero attached hydrogens (tertiary/aromatic N) is 4. The maximum atomic E-state index is 13.7. The summed E-state index contributed by atoms with van der Waals surface area (Å²) in [6.45, 7) is 14.9. The van der Waals surface area contributed by atoms with Crippen LogP contribution in [0.3, 0.4) is 0 Å². The fourth-order valence-corrected chi connectivity index (χ4v) is 7.03. The van der Waals surface area contributed by atoms with Gasteiger partial charge in [0.25, 0.3) is 17.7 Å². The number of hydrogen-bond donors (Lipinski definition) is 7. The number of morpholine rings is 2. The van der Waals surface area contributed by atoms with Crippen molar-refractivity contribution >= 4 is 41.3 Å². The number of hydrogen-bond acceptors (Lipinski definition) is 12. The van der Waals surface area contributed by atoms with Crippen LogP contribution in [0.2, 0.25) is 0 Å². The Bertz CT molecular complexity index is 2100. The second kappa shape index (κ2) is 21.1. The van der Waals surface area contributed by atoms with Crippen molar-refractivity contribution in [3.63, 3.8) is 0 Å². The zero-order valence-corrected chi connectivity index (χ0v) is 33.8. The molecule has 3 aliphatic heterocycles. The Hall–Kier alpha value is -5.34. The molecule has 4 aromatic rings. The minimum Gasteiger partial charge on any atom is -0.390 e. The van der Waals surface area contributed by atoms with Gasteiger partial charge in [-0.1, -0.05) is 0 Å². The molecule has 318 valence electrons. The third-order valence-electron chi connectivity index (χ3n) is 10.2. The number of aldehydes is 1. The van der Waals surface area contributed by atoms with Gasteiger partial charge in [-0.05, 0) is 63.1 Å². The van der Waals surface area contributed by atoms with E-state index in [2.05, 4.69) is 35.4 Å². The number of aromatic nitrogens is 4. The van der Waals surface area contributed by atoms with Gasteiger partial charge < -0.3 is 46.0 Å². The summed E-state index contributed by atoms with van der Waals surface area (Å²) in [4.78, 5) is 62.1. The highest BCUT2D eigenvalue weighted by Crippen LogP contribution is 2.34. The predicted octanol–water partition coefficient (Wildman–Crippen LogP) is 1.65. The summed E-state index contributed by atoms with van der Waals surface area (Å²) in [6, 6.07) is 4.13. The average Bonchev–Trinajstić information content (AvgIpc) is 4.00. The third kappa shape index (κ3) is 11.7. The molecule has 2 atom stereocenters. The minimum absolute atomic E-state index is 0.131. The summed E-state index contributed by atoms with van der Waals surface area (Å²) in [6.07, 6.45) is 5.83. The maximum Gasteiger partial charge on any atom is 0.265 e. The normalized spacial score (nSPS) is 17.2. The molecule has 2 fully saturated rings. The second-order valence-corrected chi connectivity index (χ2v) is 14.5. The Morgan fingerprint density at radius 3 is 2.10 bits per heavy atom. The molecule has 6 heterocycles. The molecule has 59 heavy (non-hydrogen) atoms. The van der Waals surface area contributed by atoms with Gasteiger partial charge in [0.15, 0.2) is 6.29 Å². The van der Waals surface area contributed by atoms with Gasteiger partial charge in [-0.2, -0.15) is 0 Å². The van der Waals surface area contributed by atoms with Crippen LogP contribution in [0.1, 0.15) is 65.0 Å².